The second kappa shape index (κ2) is 7.30. The fraction of sp³-hybridized carbons (Fsp3) is 0.143. The number of hydrogen-bond acceptors (Lipinski definition) is 3. The van der Waals surface area contributed by atoms with E-state index in [9.17, 15) is 4.39 Å². The van der Waals surface area contributed by atoms with E-state index in [1.54, 1.807) is 18.0 Å². The maximum atomic E-state index is 13.1. The van der Waals surface area contributed by atoms with Gasteiger partial charge in [0.25, 0.3) is 0 Å². The molecule has 0 radical (unpaired) electrons. The first-order chi connectivity index (χ1) is 12.7. The van der Waals surface area contributed by atoms with Crippen molar-refractivity contribution in [1.82, 2.24) is 14.5 Å². The number of aromatic nitrogens is 3. The third-order valence-corrected chi connectivity index (χ3v) is 5.27. The fourth-order valence-electron chi connectivity index (χ4n) is 2.93. The number of pyridine rings is 1. The summed E-state index contributed by atoms with van der Waals surface area (Å²) >= 11 is 1.66. The molecule has 0 aliphatic rings. The van der Waals surface area contributed by atoms with E-state index in [-0.39, 0.29) is 5.82 Å². The zero-order valence-corrected chi connectivity index (χ0v) is 15.2. The number of benzene rings is 2. The summed E-state index contributed by atoms with van der Waals surface area (Å²) in [5.74, 6) is 0.529. The molecular formula is C21H18FN3S. The standard InChI is InChI=1S/C21H18FN3S/c1-15-3-2-4-17(11-15)13-25-20-12-23-10-9-19(20)24-21(25)26-14-16-5-7-18(22)8-6-16/h2-12H,13-14H2,1H3. The predicted octanol–water partition coefficient (Wildman–Crippen LogP) is 5.22. The SMILES string of the molecule is Cc1cccc(Cn2c(SCc3ccc(F)cc3)nc3ccncc32)c1. The van der Waals surface area contributed by atoms with Crippen LogP contribution >= 0.6 is 11.8 Å². The van der Waals surface area contributed by atoms with Crippen LogP contribution < -0.4 is 0 Å². The first-order valence-electron chi connectivity index (χ1n) is 8.42. The highest BCUT2D eigenvalue weighted by Crippen LogP contribution is 2.27. The van der Waals surface area contributed by atoms with Crippen LogP contribution in [0.15, 0.2) is 72.1 Å². The smallest absolute Gasteiger partial charge is 0.169 e. The minimum atomic E-state index is -0.212. The lowest BCUT2D eigenvalue weighted by Crippen LogP contribution is -2.02. The van der Waals surface area contributed by atoms with Gasteiger partial charge in [-0.05, 0) is 36.2 Å². The normalized spacial score (nSPS) is 11.2. The number of nitrogens with zero attached hydrogens (tertiary/aromatic N) is 3. The molecule has 3 nitrogen and oxygen atoms in total. The number of imidazole rings is 1. The lowest BCUT2D eigenvalue weighted by atomic mass is 10.1. The summed E-state index contributed by atoms with van der Waals surface area (Å²) in [6.45, 7) is 2.84. The largest absolute Gasteiger partial charge is 0.313 e. The van der Waals surface area contributed by atoms with Gasteiger partial charge in [-0.15, -0.1) is 0 Å². The molecule has 0 amide bonds. The van der Waals surface area contributed by atoms with Crippen LogP contribution in [0.1, 0.15) is 16.7 Å². The maximum Gasteiger partial charge on any atom is 0.169 e. The van der Waals surface area contributed by atoms with E-state index < -0.39 is 0 Å². The Bertz CT molecular complexity index is 1040. The number of rotatable bonds is 5. The van der Waals surface area contributed by atoms with Gasteiger partial charge >= 0.3 is 0 Å². The molecule has 2 heterocycles. The van der Waals surface area contributed by atoms with Gasteiger partial charge < -0.3 is 4.57 Å². The summed E-state index contributed by atoms with van der Waals surface area (Å²) in [5.41, 5.74) is 5.51. The predicted molar refractivity (Wildman–Crippen MR) is 104 cm³/mol. The van der Waals surface area contributed by atoms with Crippen molar-refractivity contribution in [3.63, 3.8) is 0 Å². The van der Waals surface area contributed by atoms with E-state index in [4.69, 9.17) is 4.98 Å². The minimum absolute atomic E-state index is 0.212. The third kappa shape index (κ3) is 3.63. The lowest BCUT2D eigenvalue weighted by molar-refractivity contribution is 0.627. The van der Waals surface area contributed by atoms with Gasteiger partial charge in [-0.25, -0.2) is 9.37 Å². The molecule has 0 saturated carbocycles. The second-order valence-electron chi connectivity index (χ2n) is 6.25. The van der Waals surface area contributed by atoms with E-state index in [1.807, 2.05) is 24.4 Å². The summed E-state index contributed by atoms with van der Waals surface area (Å²) in [4.78, 5) is 9.04. The summed E-state index contributed by atoms with van der Waals surface area (Å²) in [6, 6.07) is 17.1. The lowest BCUT2D eigenvalue weighted by Gasteiger charge is -2.10. The summed E-state index contributed by atoms with van der Waals surface area (Å²) in [5, 5.41) is 0.943. The van der Waals surface area contributed by atoms with Gasteiger partial charge in [0.05, 0.1) is 23.8 Å². The van der Waals surface area contributed by atoms with E-state index >= 15 is 0 Å². The first kappa shape index (κ1) is 16.8. The zero-order chi connectivity index (χ0) is 17.9. The van der Waals surface area contributed by atoms with Gasteiger partial charge in [0.2, 0.25) is 0 Å². The molecule has 130 valence electrons. The number of fused-ring (bicyclic) bond motifs is 1. The van der Waals surface area contributed by atoms with Gasteiger partial charge in [0, 0.05) is 11.9 Å². The Morgan fingerprint density at radius 2 is 1.88 bits per heavy atom. The highest BCUT2D eigenvalue weighted by molar-refractivity contribution is 7.98. The van der Waals surface area contributed by atoms with Crippen LogP contribution in [0.5, 0.6) is 0 Å². The van der Waals surface area contributed by atoms with Crippen molar-refractivity contribution in [1.29, 1.82) is 0 Å². The van der Waals surface area contributed by atoms with Gasteiger partial charge in [-0.3, -0.25) is 4.98 Å². The van der Waals surface area contributed by atoms with Crippen LogP contribution in [-0.2, 0) is 12.3 Å². The third-order valence-electron chi connectivity index (χ3n) is 4.22. The average Bonchev–Trinajstić information content (AvgIpc) is 2.99. The molecule has 0 spiro atoms. The van der Waals surface area contributed by atoms with E-state index in [2.05, 4.69) is 40.7 Å². The molecule has 5 heteroatoms. The number of aryl methyl sites for hydroxylation is 1. The first-order valence-corrected chi connectivity index (χ1v) is 9.40. The van der Waals surface area contributed by atoms with Crippen LogP contribution in [0.3, 0.4) is 0 Å². The Balaban J connectivity index is 1.65. The Morgan fingerprint density at radius 1 is 1.04 bits per heavy atom. The highest BCUT2D eigenvalue weighted by atomic mass is 32.2. The molecule has 2 aromatic carbocycles. The fourth-order valence-corrected chi connectivity index (χ4v) is 3.90. The van der Waals surface area contributed by atoms with Crippen LogP contribution in [0, 0.1) is 12.7 Å². The molecule has 0 unspecified atom stereocenters. The summed E-state index contributed by atoms with van der Waals surface area (Å²) in [6.07, 6.45) is 3.63. The van der Waals surface area contributed by atoms with Crippen LogP contribution in [0.4, 0.5) is 4.39 Å². The van der Waals surface area contributed by atoms with Crippen LogP contribution in [0.2, 0.25) is 0 Å². The molecule has 0 fully saturated rings. The zero-order valence-electron chi connectivity index (χ0n) is 14.4. The van der Waals surface area contributed by atoms with Crippen molar-refractivity contribution in [2.45, 2.75) is 24.4 Å². The van der Waals surface area contributed by atoms with E-state index in [0.29, 0.717) is 0 Å². The Labute approximate surface area is 155 Å². The van der Waals surface area contributed by atoms with Crippen molar-refractivity contribution < 1.29 is 4.39 Å². The monoisotopic (exact) mass is 363 g/mol. The van der Waals surface area contributed by atoms with Gasteiger partial charge in [-0.2, -0.15) is 0 Å². The molecule has 4 aromatic rings. The maximum absolute atomic E-state index is 13.1. The molecule has 26 heavy (non-hydrogen) atoms. The molecular weight excluding hydrogens is 345 g/mol. The van der Waals surface area contributed by atoms with Crippen molar-refractivity contribution in [3.8, 4) is 0 Å². The Hall–Kier alpha value is -2.66. The topological polar surface area (TPSA) is 30.7 Å². The van der Waals surface area contributed by atoms with Crippen LogP contribution in [-0.4, -0.2) is 14.5 Å². The summed E-state index contributed by atoms with van der Waals surface area (Å²) < 4.78 is 15.3. The van der Waals surface area contributed by atoms with Gasteiger partial charge in [0.1, 0.15) is 5.82 Å². The molecule has 0 atom stereocenters. The number of thioether (sulfide) groups is 1. The number of hydrogen-bond donors (Lipinski definition) is 0. The molecule has 4 rings (SSSR count). The second-order valence-corrected chi connectivity index (χ2v) is 7.19. The van der Waals surface area contributed by atoms with Crippen LogP contribution in [0.25, 0.3) is 11.0 Å². The molecule has 0 bridgehead atoms. The minimum Gasteiger partial charge on any atom is -0.313 e. The Kier molecular flexibility index (Phi) is 4.71. The average molecular weight is 363 g/mol. The Morgan fingerprint density at radius 3 is 2.69 bits per heavy atom. The van der Waals surface area contributed by atoms with E-state index in [1.165, 1.54) is 23.3 Å². The van der Waals surface area contributed by atoms with Gasteiger partial charge in [0.15, 0.2) is 5.16 Å². The molecule has 0 aliphatic heterocycles. The van der Waals surface area contributed by atoms with Crippen molar-refractivity contribution >= 4 is 22.8 Å². The number of halogens is 1. The molecule has 0 aliphatic carbocycles. The van der Waals surface area contributed by atoms with Crippen molar-refractivity contribution in [2.75, 3.05) is 0 Å². The van der Waals surface area contributed by atoms with Crippen molar-refractivity contribution in [2.24, 2.45) is 0 Å². The van der Waals surface area contributed by atoms with Crippen molar-refractivity contribution in [3.05, 3.63) is 89.5 Å². The molecule has 0 N–H and O–H groups in total. The highest BCUT2D eigenvalue weighted by Gasteiger charge is 2.12. The summed E-state index contributed by atoms with van der Waals surface area (Å²) in [7, 11) is 0. The van der Waals surface area contributed by atoms with E-state index in [0.717, 1.165) is 34.1 Å². The van der Waals surface area contributed by atoms with Gasteiger partial charge in [-0.1, -0.05) is 53.7 Å². The quantitative estimate of drug-likeness (QED) is 0.456. The molecule has 0 saturated heterocycles. The molecule has 2 aromatic heterocycles.